The summed E-state index contributed by atoms with van der Waals surface area (Å²) >= 11 is 1.23. The summed E-state index contributed by atoms with van der Waals surface area (Å²) in [7, 11) is 0. The number of imide groups is 1. The van der Waals surface area contributed by atoms with Gasteiger partial charge >= 0.3 is 0 Å². The largest absolute Gasteiger partial charge is 0.326 e. The van der Waals surface area contributed by atoms with Crippen LogP contribution in [0.2, 0.25) is 0 Å². The van der Waals surface area contributed by atoms with Crippen molar-refractivity contribution in [3.63, 3.8) is 0 Å². The molecule has 0 spiro atoms. The van der Waals surface area contributed by atoms with Crippen LogP contribution < -0.4 is 10.1 Å². The fourth-order valence-electron chi connectivity index (χ4n) is 2.76. The number of terminal acetylenes is 1. The number of hydrogen-bond acceptors (Lipinski definition) is 5. The summed E-state index contributed by atoms with van der Waals surface area (Å²) in [5.41, 5.74) is 1.39. The van der Waals surface area contributed by atoms with Gasteiger partial charge in [-0.25, -0.2) is 0 Å². The van der Waals surface area contributed by atoms with E-state index >= 15 is 0 Å². The van der Waals surface area contributed by atoms with E-state index < -0.39 is 5.91 Å². The molecule has 1 N–H and O–H groups in total. The zero-order valence-electron chi connectivity index (χ0n) is 14.5. The minimum absolute atomic E-state index is 0.123. The SMILES string of the molecule is C#CCn1c(=NC(=O)CN2C(=O)CCC2=O)sc2cc(NC(C)=O)ccc21. The third kappa shape index (κ3) is 3.96. The summed E-state index contributed by atoms with van der Waals surface area (Å²) in [6.45, 7) is 1.24. The van der Waals surface area contributed by atoms with Crippen LogP contribution in [-0.2, 0) is 25.7 Å². The van der Waals surface area contributed by atoms with Crippen molar-refractivity contribution in [1.82, 2.24) is 9.47 Å². The van der Waals surface area contributed by atoms with Crippen LogP contribution in [0.4, 0.5) is 5.69 Å². The smallest absolute Gasteiger partial charge is 0.268 e. The molecule has 0 bridgehead atoms. The minimum atomic E-state index is -0.599. The van der Waals surface area contributed by atoms with Crippen molar-refractivity contribution in [1.29, 1.82) is 0 Å². The molecule has 1 saturated heterocycles. The number of rotatable bonds is 4. The second kappa shape index (κ2) is 7.55. The summed E-state index contributed by atoms with van der Waals surface area (Å²) in [6.07, 6.45) is 5.67. The Morgan fingerprint density at radius 2 is 2.00 bits per heavy atom. The molecule has 0 atom stereocenters. The number of carbonyl (C=O) groups excluding carboxylic acids is 4. The van der Waals surface area contributed by atoms with E-state index in [-0.39, 0.29) is 43.7 Å². The van der Waals surface area contributed by atoms with Crippen LogP contribution in [0.1, 0.15) is 19.8 Å². The minimum Gasteiger partial charge on any atom is -0.326 e. The number of benzene rings is 1. The summed E-state index contributed by atoms with van der Waals surface area (Å²) in [5, 5.41) is 2.70. The maximum atomic E-state index is 12.3. The number of fused-ring (bicyclic) bond motifs is 1. The van der Waals surface area contributed by atoms with E-state index in [1.54, 1.807) is 22.8 Å². The lowest BCUT2D eigenvalue weighted by Crippen LogP contribution is -2.34. The lowest BCUT2D eigenvalue weighted by molar-refractivity contribution is -0.141. The predicted molar refractivity (Wildman–Crippen MR) is 99.5 cm³/mol. The van der Waals surface area contributed by atoms with Gasteiger partial charge in [-0.3, -0.25) is 24.1 Å². The molecule has 4 amide bonds. The molecule has 0 aliphatic carbocycles. The molecule has 27 heavy (non-hydrogen) atoms. The second-order valence-corrected chi connectivity index (χ2v) is 6.93. The van der Waals surface area contributed by atoms with Crippen molar-refractivity contribution < 1.29 is 19.2 Å². The van der Waals surface area contributed by atoms with Crippen molar-refractivity contribution >= 4 is 50.9 Å². The monoisotopic (exact) mass is 384 g/mol. The first kappa shape index (κ1) is 18.5. The van der Waals surface area contributed by atoms with Crippen molar-refractivity contribution in [2.75, 3.05) is 11.9 Å². The van der Waals surface area contributed by atoms with Gasteiger partial charge in [0.25, 0.3) is 5.91 Å². The van der Waals surface area contributed by atoms with Gasteiger partial charge in [-0.2, -0.15) is 4.99 Å². The first-order valence-electron chi connectivity index (χ1n) is 8.14. The maximum Gasteiger partial charge on any atom is 0.268 e. The molecule has 1 aliphatic rings. The molecule has 0 unspecified atom stereocenters. The molecule has 8 nitrogen and oxygen atoms in total. The fourth-order valence-corrected chi connectivity index (χ4v) is 3.85. The first-order chi connectivity index (χ1) is 12.9. The van der Waals surface area contributed by atoms with E-state index in [4.69, 9.17) is 6.42 Å². The Labute approximate surface area is 158 Å². The molecule has 1 aliphatic heterocycles. The zero-order chi connectivity index (χ0) is 19.6. The van der Waals surface area contributed by atoms with Gasteiger partial charge in [0.05, 0.1) is 16.8 Å². The lowest BCUT2D eigenvalue weighted by atomic mass is 10.3. The van der Waals surface area contributed by atoms with E-state index in [1.807, 2.05) is 0 Å². The second-order valence-electron chi connectivity index (χ2n) is 5.92. The number of nitrogens with zero attached hydrogens (tertiary/aromatic N) is 3. The van der Waals surface area contributed by atoms with Gasteiger partial charge in [0.2, 0.25) is 17.7 Å². The molecule has 9 heteroatoms. The van der Waals surface area contributed by atoms with Gasteiger partial charge in [0, 0.05) is 25.5 Å². The molecule has 2 heterocycles. The van der Waals surface area contributed by atoms with Crippen LogP contribution >= 0.6 is 11.3 Å². The van der Waals surface area contributed by atoms with E-state index in [1.165, 1.54) is 18.3 Å². The number of likely N-dealkylation sites (tertiary alicyclic amines) is 1. The number of amides is 4. The highest BCUT2D eigenvalue weighted by Crippen LogP contribution is 2.22. The topological polar surface area (TPSA) is 101 Å². The fraction of sp³-hybridized carbons (Fsp3) is 0.278. The number of aromatic nitrogens is 1. The summed E-state index contributed by atoms with van der Waals surface area (Å²) in [4.78, 5) is 52.2. The molecule has 2 aromatic rings. The van der Waals surface area contributed by atoms with Crippen molar-refractivity contribution in [3.8, 4) is 12.3 Å². The van der Waals surface area contributed by atoms with E-state index in [0.717, 1.165) is 15.1 Å². The summed E-state index contributed by atoms with van der Waals surface area (Å²) in [6, 6.07) is 5.29. The number of carbonyl (C=O) groups is 4. The number of nitrogens with one attached hydrogen (secondary N) is 1. The third-order valence-corrected chi connectivity index (χ3v) is 4.96. The average molecular weight is 384 g/mol. The Hall–Kier alpha value is -3.25. The highest BCUT2D eigenvalue weighted by Gasteiger charge is 2.30. The molecule has 1 fully saturated rings. The van der Waals surface area contributed by atoms with E-state index in [2.05, 4.69) is 16.2 Å². The summed E-state index contributed by atoms with van der Waals surface area (Å²) < 4.78 is 2.49. The van der Waals surface area contributed by atoms with E-state index in [9.17, 15) is 19.2 Å². The van der Waals surface area contributed by atoms with Crippen molar-refractivity contribution in [2.45, 2.75) is 26.3 Å². The quantitative estimate of drug-likeness (QED) is 0.624. The molecule has 0 saturated carbocycles. The number of anilines is 1. The zero-order valence-corrected chi connectivity index (χ0v) is 15.3. The van der Waals surface area contributed by atoms with Crippen molar-refractivity contribution in [3.05, 3.63) is 23.0 Å². The Kier molecular flexibility index (Phi) is 5.19. The van der Waals surface area contributed by atoms with Gasteiger partial charge in [0.15, 0.2) is 4.80 Å². The molecule has 138 valence electrons. The van der Waals surface area contributed by atoms with Crippen LogP contribution in [0.5, 0.6) is 0 Å². The van der Waals surface area contributed by atoms with Crippen LogP contribution in [0, 0.1) is 12.3 Å². The van der Waals surface area contributed by atoms with Crippen LogP contribution in [0.25, 0.3) is 10.2 Å². The molecular formula is C18H16N4O4S. The van der Waals surface area contributed by atoms with Gasteiger partial charge in [-0.15, -0.1) is 6.42 Å². The van der Waals surface area contributed by atoms with Crippen LogP contribution in [0.3, 0.4) is 0 Å². The Morgan fingerprint density at radius 3 is 2.63 bits per heavy atom. The number of hydrogen-bond donors (Lipinski definition) is 1. The molecule has 1 aromatic carbocycles. The van der Waals surface area contributed by atoms with Crippen LogP contribution in [-0.4, -0.2) is 39.6 Å². The van der Waals surface area contributed by atoms with Gasteiger partial charge in [-0.05, 0) is 18.2 Å². The van der Waals surface area contributed by atoms with E-state index in [0.29, 0.717) is 10.5 Å². The first-order valence-corrected chi connectivity index (χ1v) is 8.96. The Bertz CT molecular complexity index is 1060. The van der Waals surface area contributed by atoms with Crippen LogP contribution in [0.15, 0.2) is 23.2 Å². The van der Waals surface area contributed by atoms with Gasteiger partial charge in [-0.1, -0.05) is 17.3 Å². The average Bonchev–Trinajstić information content (AvgIpc) is 3.09. The Balaban J connectivity index is 1.97. The maximum absolute atomic E-state index is 12.3. The van der Waals surface area contributed by atoms with Gasteiger partial charge in [0.1, 0.15) is 6.54 Å². The number of thiazole rings is 1. The predicted octanol–water partition coefficient (Wildman–Crippen LogP) is 0.871. The molecule has 1 aromatic heterocycles. The van der Waals surface area contributed by atoms with Crippen molar-refractivity contribution in [2.24, 2.45) is 4.99 Å². The lowest BCUT2D eigenvalue weighted by Gasteiger charge is -2.10. The molecular weight excluding hydrogens is 368 g/mol. The highest BCUT2D eigenvalue weighted by atomic mass is 32.1. The standard InChI is InChI=1S/C18H16N4O4S/c1-3-8-21-13-5-4-12(19-11(2)23)9-14(13)27-18(21)20-15(24)10-22-16(25)6-7-17(22)26/h1,4-5,9H,6-8,10H2,2H3,(H,19,23). The molecule has 3 rings (SSSR count). The third-order valence-electron chi connectivity index (χ3n) is 3.92. The summed E-state index contributed by atoms with van der Waals surface area (Å²) in [5.74, 6) is 1.000. The normalized spacial score (nSPS) is 14.7. The molecule has 0 radical (unpaired) electrons. The van der Waals surface area contributed by atoms with Gasteiger partial charge < -0.3 is 9.88 Å². The highest BCUT2D eigenvalue weighted by molar-refractivity contribution is 7.16. The Morgan fingerprint density at radius 1 is 1.30 bits per heavy atom.